The standard InChI is InChI=1S/C7H7N5O/c13-6-4-2-1-3-5(4)8-7-9-10-11-12(6)7/h13H,1-3H2. The molecule has 0 fully saturated rings. The van der Waals surface area contributed by atoms with Crippen LogP contribution < -0.4 is 0 Å². The van der Waals surface area contributed by atoms with E-state index in [1.54, 1.807) is 0 Å². The number of tetrazole rings is 1. The van der Waals surface area contributed by atoms with Gasteiger partial charge in [0.25, 0.3) is 5.78 Å². The molecule has 0 radical (unpaired) electrons. The molecular weight excluding hydrogens is 170 g/mol. The summed E-state index contributed by atoms with van der Waals surface area (Å²) in [5, 5.41) is 20.5. The van der Waals surface area contributed by atoms with Crippen molar-refractivity contribution in [2.24, 2.45) is 0 Å². The van der Waals surface area contributed by atoms with Crippen molar-refractivity contribution in [1.82, 2.24) is 25.0 Å². The number of nitrogens with zero attached hydrogens (tertiary/aromatic N) is 5. The quantitative estimate of drug-likeness (QED) is 0.598. The number of aryl methyl sites for hydroxylation is 1. The van der Waals surface area contributed by atoms with Crippen molar-refractivity contribution in [3.63, 3.8) is 0 Å². The van der Waals surface area contributed by atoms with Gasteiger partial charge in [-0.3, -0.25) is 0 Å². The van der Waals surface area contributed by atoms with Crippen LogP contribution in [0.3, 0.4) is 0 Å². The first-order valence-electron chi connectivity index (χ1n) is 4.15. The average molecular weight is 177 g/mol. The minimum absolute atomic E-state index is 0.141. The highest BCUT2D eigenvalue weighted by molar-refractivity contribution is 5.41. The van der Waals surface area contributed by atoms with Gasteiger partial charge in [0.05, 0.1) is 5.69 Å². The summed E-state index contributed by atoms with van der Waals surface area (Å²) in [6.07, 6.45) is 2.81. The summed E-state index contributed by atoms with van der Waals surface area (Å²) in [7, 11) is 0. The molecule has 0 atom stereocenters. The highest BCUT2D eigenvalue weighted by Gasteiger charge is 2.20. The van der Waals surface area contributed by atoms with Gasteiger partial charge in [-0.1, -0.05) is 5.10 Å². The molecule has 0 saturated heterocycles. The molecule has 1 N–H and O–H groups in total. The lowest BCUT2D eigenvalue weighted by Crippen LogP contribution is -1.98. The lowest BCUT2D eigenvalue weighted by molar-refractivity contribution is 0.426. The molecule has 1 aliphatic carbocycles. The Morgan fingerprint density at radius 3 is 3.15 bits per heavy atom. The molecule has 0 unspecified atom stereocenters. The van der Waals surface area contributed by atoms with Crippen LogP contribution in [0.5, 0.6) is 5.88 Å². The van der Waals surface area contributed by atoms with Gasteiger partial charge >= 0.3 is 0 Å². The fourth-order valence-electron chi connectivity index (χ4n) is 1.73. The third kappa shape index (κ3) is 0.769. The van der Waals surface area contributed by atoms with Gasteiger partial charge in [0, 0.05) is 5.56 Å². The zero-order valence-electron chi connectivity index (χ0n) is 6.80. The predicted octanol–water partition coefficient (Wildman–Crippen LogP) is -0.286. The van der Waals surface area contributed by atoms with Crippen LogP contribution in [0.15, 0.2) is 0 Å². The van der Waals surface area contributed by atoms with Crippen molar-refractivity contribution < 1.29 is 5.11 Å². The number of fused-ring (bicyclic) bond motifs is 2. The van der Waals surface area contributed by atoms with Gasteiger partial charge in [-0.25, -0.2) is 4.98 Å². The van der Waals surface area contributed by atoms with Crippen molar-refractivity contribution in [2.75, 3.05) is 0 Å². The summed E-state index contributed by atoms with van der Waals surface area (Å²) >= 11 is 0. The Morgan fingerprint density at radius 1 is 1.31 bits per heavy atom. The Bertz CT molecular complexity index is 477. The highest BCUT2D eigenvalue weighted by atomic mass is 16.3. The van der Waals surface area contributed by atoms with Crippen LogP contribution in [0.2, 0.25) is 0 Å². The van der Waals surface area contributed by atoms with E-state index in [1.165, 1.54) is 4.52 Å². The molecule has 13 heavy (non-hydrogen) atoms. The first kappa shape index (κ1) is 6.76. The molecule has 66 valence electrons. The molecule has 2 aromatic rings. The molecule has 6 nitrogen and oxygen atoms in total. The summed E-state index contributed by atoms with van der Waals surface area (Å²) in [4.78, 5) is 4.24. The van der Waals surface area contributed by atoms with Crippen molar-refractivity contribution in [1.29, 1.82) is 0 Å². The number of rotatable bonds is 0. The van der Waals surface area contributed by atoms with Crippen LogP contribution in [0.1, 0.15) is 17.7 Å². The van der Waals surface area contributed by atoms with E-state index in [9.17, 15) is 5.11 Å². The molecule has 0 aromatic carbocycles. The largest absolute Gasteiger partial charge is 0.493 e. The van der Waals surface area contributed by atoms with Crippen molar-refractivity contribution in [3.05, 3.63) is 11.3 Å². The molecule has 3 rings (SSSR count). The van der Waals surface area contributed by atoms with Crippen LogP contribution in [0.25, 0.3) is 5.78 Å². The van der Waals surface area contributed by atoms with E-state index in [2.05, 4.69) is 20.5 Å². The zero-order chi connectivity index (χ0) is 8.84. The van der Waals surface area contributed by atoms with Gasteiger partial charge in [-0.05, 0) is 29.7 Å². The average Bonchev–Trinajstić information content (AvgIpc) is 2.71. The Hall–Kier alpha value is -1.72. The molecule has 6 heteroatoms. The Morgan fingerprint density at radius 2 is 2.23 bits per heavy atom. The minimum Gasteiger partial charge on any atom is -0.493 e. The normalized spacial score (nSPS) is 15.1. The topological polar surface area (TPSA) is 76.2 Å². The van der Waals surface area contributed by atoms with E-state index in [0.717, 1.165) is 30.5 Å². The summed E-state index contributed by atoms with van der Waals surface area (Å²) in [6, 6.07) is 0. The Balaban J connectivity index is 2.45. The molecule has 0 amide bonds. The molecule has 1 aliphatic rings. The van der Waals surface area contributed by atoms with Crippen molar-refractivity contribution in [3.8, 4) is 5.88 Å². The third-order valence-corrected chi connectivity index (χ3v) is 2.35. The lowest BCUT2D eigenvalue weighted by Gasteiger charge is -2.01. The molecule has 0 aliphatic heterocycles. The van der Waals surface area contributed by atoms with Crippen LogP contribution in [0, 0.1) is 0 Å². The van der Waals surface area contributed by atoms with Gasteiger partial charge < -0.3 is 5.11 Å². The molecule has 2 heterocycles. The van der Waals surface area contributed by atoms with Crippen LogP contribution in [-0.4, -0.2) is 30.1 Å². The maximum absolute atomic E-state index is 9.74. The second-order valence-electron chi connectivity index (χ2n) is 3.10. The molecule has 2 aromatic heterocycles. The van der Waals surface area contributed by atoms with Crippen LogP contribution >= 0.6 is 0 Å². The van der Waals surface area contributed by atoms with E-state index in [-0.39, 0.29) is 5.88 Å². The summed E-state index contributed by atoms with van der Waals surface area (Å²) in [6.45, 7) is 0. The second kappa shape index (κ2) is 2.15. The van der Waals surface area contributed by atoms with Gasteiger partial charge in [0.15, 0.2) is 0 Å². The molecule has 0 bridgehead atoms. The number of aromatic nitrogens is 5. The first-order chi connectivity index (χ1) is 6.36. The zero-order valence-corrected chi connectivity index (χ0v) is 6.80. The van der Waals surface area contributed by atoms with Crippen LogP contribution in [-0.2, 0) is 12.8 Å². The van der Waals surface area contributed by atoms with Gasteiger partial charge in [0.2, 0.25) is 5.88 Å². The van der Waals surface area contributed by atoms with Crippen LogP contribution in [0.4, 0.5) is 0 Å². The fraction of sp³-hybridized carbons (Fsp3) is 0.429. The Kier molecular flexibility index (Phi) is 1.12. The third-order valence-electron chi connectivity index (χ3n) is 2.35. The summed E-state index contributed by atoms with van der Waals surface area (Å²) in [5.74, 6) is 0.514. The first-order valence-corrected chi connectivity index (χ1v) is 4.15. The van der Waals surface area contributed by atoms with E-state index < -0.39 is 0 Å². The smallest absolute Gasteiger partial charge is 0.276 e. The van der Waals surface area contributed by atoms with Gasteiger partial charge in [0.1, 0.15) is 0 Å². The minimum atomic E-state index is 0.141. The maximum atomic E-state index is 9.74. The molecule has 0 spiro atoms. The lowest BCUT2D eigenvalue weighted by atomic mass is 10.2. The molecule has 0 saturated carbocycles. The van der Waals surface area contributed by atoms with E-state index in [0.29, 0.717) is 5.78 Å². The summed E-state index contributed by atoms with van der Waals surface area (Å²) in [5.41, 5.74) is 1.82. The summed E-state index contributed by atoms with van der Waals surface area (Å²) < 4.78 is 1.27. The Labute approximate surface area is 73.2 Å². The van der Waals surface area contributed by atoms with E-state index >= 15 is 0 Å². The number of hydrogen-bond acceptors (Lipinski definition) is 5. The highest BCUT2D eigenvalue weighted by Crippen LogP contribution is 2.27. The SMILES string of the molecule is Oc1c2c(nc3nnnn13)CCC2. The predicted molar refractivity (Wildman–Crippen MR) is 42.3 cm³/mol. The number of hydrogen-bond donors (Lipinski definition) is 1. The number of aromatic hydroxyl groups is 1. The monoisotopic (exact) mass is 177 g/mol. The van der Waals surface area contributed by atoms with Crippen molar-refractivity contribution in [2.45, 2.75) is 19.3 Å². The van der Waals surface area contributed by atoms with E-state index in [4.69, 9.17) is 0 Å². The molecular formula is C7H7N5O. The van der Waals surface area contributed by atoms with E-state index in [1.807, 2.05) is 0 Å². The van der Waals surface area contributed by atoms with Gasteiger partial charge in [-0.15, -0.1) is 4.52 Å². The van der Waals surface area contributed by atoms with Gasteiger partial charge in [-0.2, -0.15) is 0 Å². The fourth-order valence-corrected chi connectivity index (χ4v) is 1.73. The van der Waals surface area contributed by atoms with Crippen molar-refractivity contribution >= 4 is 5.78 Å². The second-order valence-corrected chi connectivity index (χ2v) is 3.10. The maximum Gasteiger partial charge on any atom is 0.276 e.